The Morgan fingerprint density at radius 3 is 2.32 bits per heavy atom. The quantitative estimate of drug-likeness (QED) is 0.261. The third kappa shape index (κ3) is 5.24. The van der Waals surface area contributed by atoms with Gasteiger partial charge in [-0.2, -0.15) is 0 Å². The van der Waals surface area contributed by atoms with Gasteiger partial charge >= 0.3 is 0 Å². The number of pyridine rings is 1. The number of aromatic nitrogens is 3. The van der Waals surface area contributed by atoms with Crippen molar-refractivity contribution < 1.29 is 30.8 Å². The van der Waals surface area contributed by atoms with Crippen molar-refractivity contribution in [1.29, 1.82) is 0 Å². The zero-order valence-electron chi connectivity index (χ0n) is 19.6. The molecule has 2 aromatic heterocycles. The molecule has 0 saturated carbocycles. The van der Waals surface area contributed by atoms with Crippen molar-refractivity contribution >= 4 is 15.7 Å². The van der Waals surface area contributed by atoms with Crippen molar-refractivity contribution in [1.82, 2.24) is 19.4 Å². The number of carbonyl (C=O) groups excluding carboxylic acids is 1. The van der Waals surface area contributed by atoms with Crippen molar-refractivity contribution in [2.24, 2.45) is 0 Å². The van der Waals surface area contributed by atoms with Gasteiger partial charge in [-0.3, -0.25) is 14.3 Å². The zero-order chi connectivity index (χ0) is 26.9. The number of halogens is 4. The Balaban J connectivity index is 1.79. The topological polar surface area (TPSA) is 85.2 Å². The van der Waals surface area contributed by atoms with Gasteiger partial charge in [-0.05, 0) is 60.5 Å². The van der Waals surface area contributed by atoms with Crippen molar-refractivity contribution in [3.05, 3.63) is 107 Å². The smallest absolute Gasteiger partial charge is 0.272 e. The van der Waals surface area contributed by atoms with Gasteiger partial charge in [0.2, 0.25) is 15.0 Å². The Morgan fingerprint density at radius 2 is 1.65 bits per heavy atom. The fourth-order valence-corrected chi connectivity index (χ4v) is 5.17. The standard InChI is InChI=1S/C25H20F4N4O3S/c1-15-11-30-10-9-16(15)13-32(2)24(34)22-12-31-25(33(22)18-5-3-17(26)4-6-18)37(35,36)14-19-20(27)7-8-21(28)23(19)29/h3-12H,13-14H2,1-2H3. The largest absolute Gasteiger partial charge is 0.336 e. The van der Waals surface area contributed by atoms with Gasteiger partial charge < -0.3 is 4.90 Å². The number of amides is 1. The Morgan fingerprint density at radius 1 is 0.973 bits per heavy atom. The molecule has 0 bridgehead atoms. The first-order chi connectivity index (χ1) is 17.5. The number of hydrogen-bond acceptors (Lipinski definition) is 5. The van der Waals surface area contributed by atoms with Gasteiger partial charge in [0.05, 0.1) is 11.9 Å². The van der Waals surface area contributed by atoms with Crippen LogP contribution >= 0.6 is 0 Å². The molecule has 0 N–H and O–H groups in total. The number of aryl methyl sites for hydroxylation is 1. The molecule has 0 aliphatic rings. The summed E-state index contributed by atoms with van der Waals surface area (Å²) in [4.78, 5) is 22.6. The summed E-state index contributed by atoms with van der Waals surface area (Å²) in [5.41, 5.74) is 0.487. The van der Waals surface area contributed by atoms with E-state index in [4.69, 9.17) is 0 Å². The average molecular weight is 533 g/mol. The first-order valence-corrected chi connectivity index (χ1v) is 12.5. The third-order valence-corrected chi connectivity index (χ3v) is 7.19. The molecule has 0 spiro atoms. The fourth-order valence-electron chi connectivity index (χ4n) is 3.70. The van der Waals surface area contributed by atoms with Crippen LogP contribution in [0.15, 0.2) is 66.2 Å². The Hall–Kier alpha value is -4.06. The van der Waals surface area contributed by atoms with E-state index in [1.54, 1.807) is 18.5 Å². The normalized spacial score (nSPS) is 11.5. The van der Waals surface area contributed by atoms with Gasteiger partial charge in [-0.15, -0.1) is 0 Å². The Kier molecular flexibility index (Phi) is 7.12. The van der Waals surface area contributed by atoms with Gasteiger partial charge in [0, 0.05) is 37.2 Å². The minimum absolute atomic E-state index is 0.0644. The second kappa shape index (κ2) is 10.1. The molecule has 0 unspecified atom stereocenters. The lowest BCUT2D eigenvalue weighted by molar-refractivity contribution is 0.0776. The summed E-state index contributed by atoms with van der Waals surface area (Å²) in [6, 6.07) is 7.44. The molecule has 0 radical (unpaired) electrons. The average Bonchev–Trinajstić information content (AvgIpc) is 3.32. The van der Waals surface area contributed by atoms with Crippen molar-refractivity contribution in [2.45, 2.75) is 24.4 Å². The molecule has 0 aliphatic carbocycles. The van der Waals surface area contributed by atoms with Crippen LogP contribution in [0.25, 0.3) is 5.69 Å². The van der Waals surface area contributed by atoms with Crippen molar-refractivity contribution in [3.63, 3.8) is 0 Å². The molecule has 0 atom stereocenters. The van der Waals surface area contributed by atoms with Crippen LogP contribution in [0.3, 0.4) is 0 Å². The third-order valence-electron chi connectivity index (χ3n) is 5.68. The van der Waals surface area contributed by atoms with Crippen molar-refractivity contribution in [3.8, 4) is 5.69 Å². The maximum absolute atomic E-state index is 14.2. The zero-order valence-corrected chi connectivity index (χ0v) is 20.4. The number of carbonyl (C=O) groups is 1. The van der Waals surface area contributed by atoms with Crippen LogP contribution in [0.1, 0.15) is 27.2 Å². The molecular weight excluding hydrogens is 512 g/mol. The maximum Gasteiger partial charge on any atom is 0.272 e. The molecule has 2 aromatic carbocycles. The van der Waals surface area contributed by atoms with Gasteiger partial charge in [0.25, 0.3) is 5.91 Å². The van der Waals surface area contributed by atoms with E-state index >= 15 is 0 Å². The lowest BCUT2D eigenvalue weighted by atomic mass is 10.1. The van der Waals surface area contributed by atoms with E-state index in [0.29, 0.717) is 12.1 Å². The molecule has 0 fully saturated rings. The van der Waals surface area contributed by atoms with E-state index in [0.717, 1.165) is 34.0 Å². The van der Waals surface area contributed by atoms with E-state index in [9.17, 15) is 30.8 Å². The Bertz CT molecular complexity index is 1590. The summed E-state index contributed by atoms with van der Waals surface area (Å²) in [5, 5.41) is -0.723. The molecule has 7 nitrogen and oxygen atoms in total. The SMILES string of the molecule is Cc1cnccc1CN(C)C(=O)c1cnc(S(=O)(=O)Cc2c(F)ccc(F)c2F)n1-c1ccc(F)cc1. The number of benzene rings is 2. The molecule has 37 heavy (non-hydrogen) atoms. The van der Waals surface area contributed by atoms with E-state index in [2.05, 4.69) is 9.97 Å². The molecule has 0 saturated heterocycles. The lowest BCUT2D eigenvalue weighted by Crippen LogP contribution is -2.29. The second-order valence-corrected chi connectivity index (χ2v) is 10.2. The minimum Gasteiger partial charge on any atom is -0.336 e. The minimum atomic E-state index is -4.64. The summed E-state index contributed by atoms with van der Waals surface area (Å²) >= 11 is 0. The monoisotopic (exact) mass is 532 g/mol. The van der Waals surface area contributed by atoms with Gasteiger partial charge in [-0.25, -0.2) is 31.0 Å². The molecule has 192 valence electrons. The highest BCUT2D eigenvalue weighted by Gasteiger charge is 2.31. The van der Waals surface area contributed by atoms with Crippen LogP contribution in [0.5, 0.6) is 0 Å². The van der Waals surface area contributed by atoms with Crippen molar-refractivity contribution in [2.75, 3.05) is 7.05 Å². The number of imidazole rings is 1. The Labute approximate surface area is 209 Å². The first-order valence-electron chi connectivity index (χ1n) is 10.8. The highest BCUT2D eigenvalue weighted by atomic mass is 32.2. The molecule has 4 aromatic rings. The number of hydrogen-bond donors (Lipinski definition) is 0. The molecular formula is C25H20F4N4O3S. The van der Waals surface area contributed by atoms with Gasteiger partial charge in [-0.1, -0.05) is 0 Å². The summed E-state index contributed by atoms with van der Waals surface area (Å²) in [5.74, 6) is -6.83. The fraction of sp³-hybridized carbons (Fsp3) is 0.160. The second-order valence-electron chi connectivity index (χ2n) is 8.28. The van der Waals surface area contributed by atoms with Crippen LogP contribution < -0.4 is 0 Å². The van der Waals surface area contributed by atoms with Crippen LogP contribution in [0, 0.1) is 30.2 Å². The molecule has 12 heteroatoms. The van der Waals surface area contributed by atoms with Crippen LogP contribution in [0.2, 0.25) is 0 Å². The lowest BCUT2D eigenvalue weighted by Gasteiger charge is -2.20. The highest BCUT2D eigenvalue weighted by molar-refractivity contribution is 7.90. The highest BCUT2D eigenvalue weighted by Crippen LogP contribution is 2.26. The van der Waals surface area contributed by atoms with Gasteiger partial charge in [0.1, 0.15) is 17.3 Å². The summed E-state index contributed by atoms with van der Waals surface area (Å²) < 4.78 is 83.3. The van der Waals surface area contributed by atoms with E-state index < -0.39 is 55.5 Å². The maximum atomic E-state index is 14.2. The van der Waals surface area contributed by atoms with Gasteiger partial charge in [0.15, 0.2) is 11.6 Å². The predicted molar refractivity (Wildman–Crippen MR) is 125 cm³/mol. The van der Waals surface area contributed by atoms with E-state index in [-0.39, 0.29) is 17.9 Å². The number of rotatable bonds is 7. The van der Waals surface area contributed by atoms with Crippen LogP contribution in [-0.4, -0.2) is 40.8 Å². The molecule has 2 heterocycles. The van der Waals surface area contributed by atoms with E-state index in [1.807, 2.05) is 6.92 Å². The number of sulfone groups is 1. The molecule has 1 amide bonds. The summed E-state index contributed by atoms with van der Waals surface area (Å²) in [6.07, 6.45) is 4.21. The molecule has 4 rings (SSSR count). The molecule has 0 aliphatic heterocycles. The predicted octanol–water partition coefficient (Wildman–Crippen LogP) is 4.38. The summed E-state index contributed by atoms with van der Waals surface area (Å²) in [7, 11) is -3.14. The van der Waals surface area contributed by atoms with E-state index in [1.165, 1.54) is 24.1 Å². The number of nitrogens with zero attached hydrogens (tertiary/aromatic N) is 4. The first kappa shape index (κ1) is 26.0. The van der Waals surface area contributed by atoms with Crippen LogP contribution in [-0.2, 0) is 22.1 Å². The van der Waals surface area contributed by atoms with Crippen LogP contribution in [0.4, 0.5) is 17.6 Å². The summed E-state index contributed by atoms with van der Waals surface area (Å²) in [6.45, 7) is 1.97.